The summed E-state index contributed by atoms with van der Waals surface area (Å²) in [6.45, 7) is 4.66. The number of anilines is 1. The van der Waals surface area contributed by atoms with E-state index in [-0.39, 0.29) is 6.54 Å². The van der Waals surface area contributed by atoms with Crippen LogP contribution in [0.3, 0.4) is 0 Å². The summed E-state index contributed by atoms with van der Waals surface area (Å²) in [4.78, 5) is 21.4. The molecule has 0 aromatic carbocycles. The van der Waals surface area contributed by atoms with Gasteiger partial charge in [0.2, 0.25) is 0 Å². The van der Waals surface area contributed by atoms with Crippen molar-refractivity contribution < 1.29 is 9.90 Å². The Balaban J connectivity index is 2.45. The lowest BCUT2D eigenvalue weighted by Gasteiger charge is -2.23. The smallest absolute Gasteiger partial charge is 0.323 e. The molecule has 19 heavy (non-hydrogen) atoms. The molecule has 0 saturated carbocycles. The highest BCUT2D eigenvalue weighted by molar-refractivity contribution is 5.88. The molecule has 0 saturated heterocycles. The quantitative estimate of drug-likeness (QED) is 0.884. The molecule has 2 aromatic rings. The van der Waals surface area contributed by atoms with Gasteiger partial charge in [0.15, 0.2) is 5.82 Å². The van der Waals surface area contributed by atoms with Crippen LogP contribution < -0.4 is 4.90 Å². The molecule has 0 radical (unpaired) electrons. The van der Waals surface area contributed by atoms with E-state index in [2.05, 4.69) is 9.97 Å². The van der Waals surface area contributed by atoms with Crippen LogP contribution in [-0.2, 0) is 11.8 Å². The van der Waals surface area contributed by atoms with Crippen molar-refractivity contribution in [1.29, 1.82) is 0 Å². The molecular formula is C13H18N4O2. The first-order valence-corrected chi connectivity index (χ1v) is 6.21. The van der Waals surface area contributed by atoms with Crippen molar-refractivity contribution in [3.05, 3.63) is 18.6 Å². The van der Waals surface area contributed by atoms with E-state index in [1.54, 1.807) is 17.4 Å². The fourth-order valence-electron chi connectivity index (χ4n) is 2.11. The molecule has 0 fully saturated rings. The Kier molecular flexibility index (Phi) is 3.69. The van der Waals surface area contributed by atoms with E-state index in [9.17, 15) is 4.79 Å². The number of fused-ring (bicyclic) bond motifs is 1. The van der Waals surface area contributed by atoms with E-state index in [0.29, 0.717) is 18.3 Å². The number of carboxylic acid groups (broad SMARTS) is 1. The van der Waals surface area contributed by atoms with Crippen molar-refractivity contribution in [2.45, 2.75) is 13.8 Å². The van der Waals surface area contributed by atoms with Crippen molar-refractivity contribution in [2.24, 2.45) is 13.0 Å². The Bertz CT molecular complexity index is 591. The summed E-state index contributed by atoms with van der Waals surface area (Å²) in [6.07, 6.45) is 3.40. The highest BCUT2D eigenvalue weighted by atomic mass is 16.4. The predicted octanol–water partition coefficient (Wildman–Crippen LogP) is 1.52. The number of aliphatic carboxylic acids is 1. The lowest BCUT2D eigenvalue weighted by atomic mass is 10.2. The molecule has 0 amide bonds. The van der Waals surface area contributed by atoms with E-state index in [4.69, 9.17) is 5.11 Å². The molecule has 0 aliphatic rings. The molecule has 0 bridgehead atoms. The predicted molar refractivity (Wildman–Crippen MR) is 73.2 cm³/mol. The number of aryl methyl sites for hydroxylation is 1. The van der Waals surface area contributed by atoms with Crippen LogP contribution in [0.2, 0.25) is 0 Å². The molecule has 0 unspecified atom stereocenters. The second kappa shape index (κ2) is 5.26. The molecule has 0 aliphatic carbocycles. The zero-order valence-corrected chi connectivity index (χ0v) is 11.4. The number of imidazole rings is 1. The van der Waals surface area contributed by atoms with Gasteiger partial charge >= 0.3 is 5.97 Å². The maximum atomic E-state index is 11.0. The van der Waals surface area contributed by atoms with Crippen LogP contribution >= 0.6 is 0 Å². The van der Waals surface area contributed by atoms with Gasteiger partial charge in [-0.3, -0.25) is 4.79 Å². The van der Waals surface area contributed by atoms with Crippen LogP contribution in [0.5, 0.6) is 0 Å². The Morgan fingerprint density at radius 1 is 1.47 bits per heavy atom. The van der Waals surface area contributed by atoms with Crippen LogP contribution in [0.4, 0.5) is 5.82 Å². The Hall–Kier alpha value is -2.11. The molecule has 0 aliphatic heterocycles. The minimum absolute atomic E-state index is 0.0686. The standard InChI is InChI=1S/C13H18N4O2/c1-9(2)6-17(7-11(18)19)13-12-10(4-5-14-13)16(3)8-15-12/h4-5,8-9H,6-7H2,1-3H3,(H,18,19). The third kappa shape index (κ3) is 2.83. The van der Waals surface area contributed by atoms with Crippen molar-refractivity contribution in [3.8, 4) is 0 Å². The lowest BCUT2D eigenvalue weighted by Crippen LogP contribution is -2.33. The summed E-state index contributed by atoms with van der Waals surface area (Å²) in [5.41, 5.74) is 1.69. The zero-order chi connectivity index (χ0) is 14.0. The van der Waals surface area contributed by atoms with Gasteiger partial charge in [0.1, 0.15) is 12.1 Å². The number of hydrogen-bond donors (Lipinski definition) is 1. The van der Waals surface area contributed by atoms with Crippen molar-refractivity contribution >= 4 is 22.8 Å². The number of pyridine rings is 1. The average molecular weight is 262 g/mol. The average Bonchev–Trinajstić information content (AvgIpc) is 2.69. The van der Waals surface area contributed by atoms with Gasteiger partial charge < -0.3 is 14.6 Å². The molecule has 6 nitrogen and oxygen atoms in total. The van der Waals surface area contributed by atoms with Gasteiger partial charge in [0.05, 0.1) is 11.8 Å². The molecule has 2 rings (SSSR count). The van der Waals surface area contributed by atoms with E-state index < -0.39 is 5.97 Å². The Labute approximate surface area is 111 Å². The number of carbonyl (C=O) groups is 1. The summed E-state index contributed by atoms with van der Waals surface area (Å²) in [6, 6.07) is 1.88. The van der Waals surface area contributed by atoms with Gasteiger partial charge in [-0.1, -0.05) is 13.8 Å². The van der Waals surface area contributed by atoms with Crippen LogP contribution in [-0.4, -0.2) is 38.7 Å². The minimum atomic E-state index is -0.865. The van der Waals surface area contributed by atoms with E-state index in [1.165, 1.54) is 0 Å². The fourth-order valence-corrected chi connectivity index (χ4v) is 2.11. The lowest BCUT2D eigenvalue weighted by molar-refractivity contribution is -0.135. The molecule has 0 atom stereocenters. The van der Waals surface area contributed by atoms with Gasteiger partial charge in [-0.15, -0.1) is 0 Å². The molecule has 6 heteroatoms. The first-order valence-electron chi connectivity index (χ1n) is 6.21. The third-order valence-electron chi connectivity index (χ3n) is 2.83. The number of rotatable bonds is 5. The van der Waals surface area contributed by atoms with Gasteiger partial charge in [-0.25, -0.2) is 9.97 Å². The zero-order valence-electron chi connectivity index (χ0n) is 11.4. The summed E-state index contributed by atoms with van der Waals surface area (Å²) in [7, 11) is 1.91. The Morgan fingerprint density at radius 2 is 2.21 bits per heavy atom. The molecule has 0 spiro atoms. The number of hydrogen-bond acceptors (Lipinski definition) is 4. The first-order chi connectivity index (χ1) is 8.99. The molecule has 2 aromatic heterocycles. The maximum absolute atomic E-state index is 11.0. The first kappa shape index (κ1) is 13.3. The molecular weight excluding hydrogens is 244 g/mol. The van der Waals surface area contributed by atoms with Crippen LogP contribution in [0.15, 0.2) is 18.6 Å². The summed E-state index contributed by atoms with van der Waals surface area (Å²) < 4.78 is 1.90. The molecule has 1 N–H and O–H groups in total. The van der Waals surface area contributed by atoms with Crippen molar-refractivity contribution in [3.63, 3.8) is 0 Å². The Morgan fingerprint density at radius 3 is 2.84 bits per heavy atom. The fraction of sp³-hybridized carbons (Fsp3) is 0.462. The molecule has 2 heterocycles. The molecule has 102 valence electrons. The highest BCUT2D eigenvalue weighted by Gasteiger charge is 2.17. The van der Waals surface area contributed by atoms with E-state index in [1.807, 2.05) is 31.5 Å². The highest BCUT2D eigenvalue weighted by Crippen LogP contribution is 2.23. The number of aromatic nitrogens is 3. The van der Waals surface area contributed by atoms with E-state index in [0.717, 1.165) is 11.0 Å². The summed E-state index contributed by atoms with van der Waals surface area (Å²) in [5, 5.41) is 9.04. The monoisotopic (exact) mass is 262 g/mol. The largest absolute Gasteiger partial charge is 0.480 e. The maximum Gasteiger partial charge on any atom is 0.323 e. The third-order valence-corrected chi connectivity index (χ3v) is 2.83. The van der Waals surface area contributed by atoms with Gasteiger partial charge in [-0.05, 0) is 12.0 Å². The van der Waals surface area contributed by atoms with E-state index >= 15 is 0 Å². The van der Waals surface area contributed by atoms with Gasteiger partial charge in [0, 0.05) is 19.8 Å². The second-order valence-corrected chi connectivity index (χ2v) is 5.03. The SMILES string of the molecule is CC(C)CN(CC(=O)O)c1nccc2c1ncn2C. The van der Waals surface area contributed by atoms with Crippen LogP contribution in [0, 0.1) is 5.92 Å². The van der Waals surface area contributed by atoms with Crippen LogP contribution in [0.25, 0.3) is 11.0 Å². The number of carboxylic acids is 1. The van der Waals surface area contributed by atoms with Gasteiger partial charge in [0.25, 0.3) is 0 Å². The van der Waals surface area contributed by atoms with Gasteiger partial charge in [-0.2, -0.15) is 0 Å². The second-order valence-electron chi connectivity index (χ2n) is 5.03. The van der Waals surface area contributed by atoms with Crippen LogP contribution in [0.1, 0.15) is 13.8 Å². The summed E-state index contributed by atoms with van der Waals surface area (Å²) in [5.74, 6) is 0.115. The van der Waals surface area contributed by atoms with Crippen molar-refractivity contribution in [1.82, 2.24) is 14.5 Å². The topological polar surface area (TPSA) is 71.2 Å². The minimum Gasteiger partial charge on any atom is -0.480 e. The number of nitrogens with zero attached hydrogens (tertiary/aromatic N) is 4. The van der Waals surface area contributed by atoms with Crippen molar-refractivity contribution in [2.75, 3.05) is 18.0 Å². The normalized spacial score (nSPS) is 11.2. The summed E-state index contributed by atoms with van der Waals surface area (Å²) >= 11 is 0.